The molecule has 24 heteroatoms. The molecule has 0 heterocycles. The zero-order chi connectivity index (χ0) is 43.1. The maximum atomic E-state index is 13.4. The fraction of sp³-hybridized carbons (Fsp3) is 0.719. The van der Waals surface area contributed by atoms with Gasteiger partial charge in [0.05, 0.1) is 31.8 Å². The highest BCUT2D eigenvalue weighted by Gasteiger charge is 2.35. The number of unbranched alkanes of at least 4 members (excludes halogenated alkanes) is 1. The number of hydrogen-bond acceptors (Lipinski definition) is 14. The van der Waals surface area contributed by atoms with Crippen molar-refractivity contribution in [3.05, 3.63) is 0 Å². The number of nitrogens with one attached hydrogen (secondary N) is 6. The molecule has 320 valence electrons. The van der Waals surface area contributed by atoms with Crippen LogP contribution in [0.15, 0.2) is 4.99 Å². The molecule has 8 atom stereocenters. The molecular weight excluding hydrogens is 746 g/mol. The van der Waals surface area contributed by atoms with Crippen LogP contribution in [0.2, 0.25) is 0 Å². The summed E-state index contributed by atoms with van der Waals surface area (Å²) in [5.41, 5.74) is 21.7. The molecule has 56 heavy (non-hydrogen) atoms. The second-order valence-electron chi connectivity index (χ2n) is 13.3. The van der Waals surface area contributed by atoms with Crippen molar-refractivity contribution < 1.29 is 63.9 Å². The molecular formula is C32H59N11O13. The number of amides is 6. The van der Waals surface area contributed by atoms with Gasteiger partial charge in [0.1, 0.15) is 36.3 Å². The van der Waals surface area contributed by atoms with Gasteiger partial charge in [0.2, 0.25) is 35.4 Å². The molecule has 6 amide bonds. The molecule has 19 N–H and O–H groups in total. The van der Waals surface area contributed by atoms with Gasteiger partial charge in [-0.3, -0.25) is 38.6 Å². The predicted molar refractivity (Wildman–Crippen MR) is 198 cm³/mol. The lowest BCUT2D eigenvalue weighted by molar-refractivity contribution is -0.143. The number of aliphatic imine (C=N–C) groups is 1. The number of aliphatic hydroxyl groups is 3. The van der Waals surface area contributed by atoms with Crippen molar-refractivity contribution in [2.75, 3.05) is 26.3 Å². The minimum Gasteiger partial charge on any atom is -0.481 e. The van der Waals surface area contributed by atoms with Crippen molar-refractivity contribution in [1.82, 2.24) is 31.9 Å². The van der Waals surface area contributed by atoms with Gasteiger partial charge in [-0.2, -0.15) is 0 Å². The first-order valence-corrected chi connectivity index (χ1v) is 17.9. The Morgan fingerprint density at radius 3 is 1.57 bits per heavy atom. The Balaban J connectivity index is 5.86. The van der Waals surface area contributed by atoms with E-state index in [1.54, 1.807) is 13.8 Å². The third-order valence-corrected chi connectivity index (χ3v) is 7.91. The van der Waals surface area contributed by atoms with Crippen molar-refractivity contribution in [3.8, 4) is 0 Å². The van der Waals surface area contributed by atoms with Crippen molar-refractivity contribution in [1.29, 1.82) is 0 Å². The molecule has 0 aliphatic rings. The third-order valence-electron chi connectivity index (χ3n) is 7.91. The van der Waals surface area contributed by atoms with Crippen LogP contribution in [-0.2, 0) is 38.4 Å². The highest BCUT2D eigenvalue weighted by atomic mass is 16.4. The lowest BCUT2D eigenvalue weighted by Gasteiger charge is -2.28. The fourth-order valence-corrected chi connectivity index (χ4v) is 4.89. The monoisotopic (exact) mass is 805 g/mol. The van der Waals surface area contributed by atoms with Crippen molar-refractivity contribution in [2.24, 2.45) is 33.8 Å². The van der Waals surface area contributed by atoms with Gasteiger partial charge in [-0.25, -0.2) is 4.79 Å². The average molecular weight is 806 g/mol. The van der Waals surface area contributed by atoms with Crippen molar-refractivity contribution in [2.45, 2.75) is 114 Å². The number of hydrogen-bond donors (Lipinski definition) is 15. The van der Waals surface area contributed by atoms with Crippen LogP contribution in [0.25, 0.3) is 0 Å². The molecule has 0 saturated carbocycles. The van der Waals surface area contributed by atoms with Gasteiger partial charge in [-0.05, 0) is 57.9 Å². The van der Waals surface area contributed by atoms with Crippen LogP contribution in [0.3, 0.4) is 0 Å². The van der Waals surface area contributed by atoms with Crippen LogP contribution in [-0.4, -0.2) is 154 Å². The molecule has 24 nitrogen and oxygen atoms in total. The van der Waals surface area contributed by atoms with E-state index >= 15 is 0 Å². The Kier molecular flexibility index (Phi) is 24.1. The largest absolute Gasteiger partial charge is 0.481 e. The summed E-state index contributed by atoms with van der Waals surface area (Å²) in [6.45, 7) is 2.90. The van der Waals surface area contributed by atoms with Crippen LogP contribution in [0.4, 0.5) is 0 Å². The van der Waals surface area contributed by atoms with E-state index in [-0.39, 0.29) is 44.1 Å². The summed E-state index contributed by atoms with van der Waals surface area (Å²) in [7, 11) is 0. The predicted octanol–water partition coefficient (Wildman–Crippen LogP) is -6.62. The molecule has 0 unspecified atom stereocenters. The molecule has 0 aliphatic carbocycles. The topological polar surface area (TPSA) is 426 Å². The van der Waals surface area contributed by atoms with E-state index in [2.05, 4.69) is 36.9 Å². The van der Waals surface area contributed by atoms with Gasteiger partial charge in [-0.1, -0.05) is 13.8 Å². The molecule has 0 radical (unpaired) electrons. The standard InChI is InChI=1S/C32H59N11O13/c1-15(2)11-19(27(51)43-24(16(3)46)30(54)38-18(31(55)56)8-4-5-9-33)39-29(53)22(14-45)42-26(50)20(12-23(47)48)40-28(52)21(13-44)41-25(49)17(34)7-6-10-37-32(35)36/h15-22,24,44-46H,4-14,33-34H2,1-3H3,(H,38,54)(H,39,53)(H,40,52)(H,41,49)(H,42,50)(H,43,51)(H,47,48)(H,55,56)(H4,35,36,37)/t16-,17+,18+,19+,20+,21+,22+,24+/m1/s1. The Labute approximate surface area is 323 Å². The quantitative estimate of drug-likeness (QED) is 0.0198. The van der Waals surface area contributed by atoms with Gasteiger partial charge in [0.15, 0.2) is 5.96 Å². The van der Waals surface area contributed by atoms with Gasteiger partial charge >= 0.3 is 11.9 Å². The second-order valence-corrected chi connectivity index (χ2v) is 13.3. The Bertz CT molecular complexity index is 1360. The van der Waals surface area contributed by atoms with Crippen LogP contribution in [0.1, 0.15) is 65.7 Å². The molecule has 0 spiro atoms. The summed E-state index contributed by atoms with van der Waals surface area (Å²) in [6, 6.07) is -11.1. The first-order valence-electron chi connectivity index (χ1n) is 17.9. The highest BCUT2D eigenvalue weighted by Crippen LogP contribution is 2.09. The summed E-state index contributed by atoms with van der Waals surface area (Å²) >= 11 is 0. The van der Waals surface area contributed by atoms with Crippen molar-refractivity contribution in [3.63, 3.8) is 0 Å². The number of guanidine groups is 1. The summed E-state index contributed by atoms with van der Waals surface area (Å²) in [5, 5.41) is 62.1. The number of nitrogens with two attached hydrogens (primary N) is 4. The van der Waals surface area contributed by atoms with E-state index in [9.17, 15) is 63.9 Å². The van der Waals surface area contributed by atoms with Crippen LogP contribution < -0.4 is 54.8 Å². The van der Waals surface area contributed by atoms with Gasteiger partial charge in [-0.15, -0.1) is 0 Å². The SMILES string of the molecule is CC(C)C[C@H](NC(=O)[C@H](CO)NC(=O)[C@H](CC(=O)O)NC(=O)[C@H](CO)NC(=O)[C@@H](N)CCCN=C(N)N)C(=O)N[C@H](C(=O)N[C@@H](CCCCN)C(=O)O)[C@@H](C)O. The lowest BCUT2D eigenvalue weighted by Crippen LogP contribution is -2.62. The molecule has 0 aliphatic heterocycles. The van der Waals surface area contributed by atoms with E-state index in [0.29, 0.717) is 19.4 Å². The molecule has 0 bridgehead atoms. The number of carboxylic acids is 2. The molecule has 0 aromatic rings. The smallest absolute Gasteiger partial charge is 0.326 e. The third kappa shape index (κ3) is 19.9. The number of carbonyl (C=O) groups excluding carboxylic acids is 6. The van der Waals surface area contributed by atoms with Gasteiger partial charge < -0.3 is 80.4 Å². The van der Waals surface area contributed by atoms with Crippen LogP contribution in [0.5, 0.6) is 0 Å². The first-order chi connectivity index (χ1) is 26.2. The number of aliphatic carboxylic acids is 2. The number of aliphatic hydroxyl groups excluding tert-OH is 3. The van der Waals surface area contributed by atoms with Crippen molar-refractivity contribution >= 4 is 53.3 Å². The fourth-order valence-electron chi connectivity index (χ4n) is 4.89. The minimum absolute atomic E-state index is 0.0208. The number of carboxylic acid groups (broad SMARTS) is 2. The molecule has 0 rings (SSSR count). The van der Waals surface area contributed by atoms with E-state index in [0.717, 1.165) is 0 Å². The number of carbonyl (C=O) groups is 8. The van der Waals surface area contributed by atoms with Crippen LogP contribution in [0, 0.1) is 5.92 Å². The maximum Gasteiger partial charge on any atom is 0.326 e. The Morgan fingerprint density at radius 1 is 0.625 bits per heavy atom. The maximum absolute atomic E-state index is 13.4. The normalized spacial score (nSPS) is 15.3. The Hall–Kier alpha value is -5.17. The highest BCUT2D eigenvalue weighted by molar-refractivity contribution is 5.98. The molecule has 0 fully saturated rings. The zero-order valence-electron chi connectivity index (χ0n) is 31.7. The zero-order valence-corrected chi connectivity index (χ0v) is 31.7. The lowest BCUT2D eigenvalue weighted by atomic mass is 10.0. The summed E-state index contributed by atoms with van der Waals surface area (Å²) in [4.78, 5) is 105. The molecule has 0 aromatic carbocycles. The first kappa shape index (κ1) is 50.8. The molecule has 0 aromatic heterocycles. The molecule has 0 saturated heterocycles. The number of nitrogens with zero attached hydrogens (tertiary/aromatic N) is 1. The Morgan fingerprint density at radius 2 is 1.11 bits per heavy atom. The van der Waals surface area contributed by atoms with E-state index in [4.69, 9.17) is 22.9 Å². The average Bonchev–Trinajstić information content (AvgIpc) is 3.11. The summed E-state index contributed by atoms with van der Waals surface area (Å²) < 4.78 is 0. The second kappa shape index (κ2) is 26.6. The minimum atomic E-state index is -1.91. The van der Waals surface area contributed by atoms with E-state index < -0.39 is 115 Å². The summed E-state index contributed by atoms with van der Waals surface area (Å²) in [6.07, 6.45) is -1.40. The van der Waals surface area contributed by atoms with Gasteiger partial charge in [0, 0.05) is 6.54 Å². The van der Waals surface area contributed by atoms with E-state index in [1.807, 2.05) is 0 Å². The van der Waals surface area contributed by atoms with Crippen LogP contribution >= 0.6 is 0 Å². The van der Waals surface area contributed by atoms with E-state index in [1.165, 1.54) is 6.92 Å². The van der Waals surface area contributed by atoms with Gasteiger partial charge in [0.25, 0.3) is 0 Å². The summed E-state index contributed by atoms with van der Waals surface area (Å²) in [5.74, 6) is -9.92. The number of rotatable bonds is 28.